The maximum atomic E-state index is 11.0. The van der Waals surface area contributed by atoms with Gasteiger partial charge >= 0.3 is 5.97 Å². The SMILES string of the molecule is CCCCCCCCCCCCSC[C@@H](CC(C)=O)C(=O)O. The van der Waals surface area contributed by atoms with Gasteiger partial charge in [-0.15, -0.1) is 0 Å². The first kappa shape index (κ1) is 21.5. The fourth-order valence-corrected chi connectivity index (χ4v) is 3.60. The highest BCUT2D eigenvalue weighted by molar-refractivity contribution is 7.99. The standard InChI is InChI=1S/C18H34O3S/c1-3-4-5-6-7-8-9-10-11-12-13-22-15-17(18(20)21)14-16(2)19/h17H,3-15H2,1-2H3,(H,20,21)/t17-/m1/s1. The van der Waals surface area contributed by atoms with Crippen LogP contribution in [0.3, 0.4) is 0 Å². The second kappa shape index (κ2) is 15.4. The zero-order valence-corrected chi connectivity index (χ0v) is 15.3. The van der Waals surface area contributed by atoms with E-state index in [-0.39, 0.29) is 12.2 Å². The molecule has 1 N–H and O–H groups in total. The second-order valence-electron chi connectivity index (χ2n) is 6.20. The molecule has 0 saturated heterocycles. The summed E-state index contributed by atoms with van der Waals surface area (Å²) in [5.41, 5.74) is 0. The Morgan fingerprint density at radius 3 is 1.86 bits per heavy atom. The van der Waals surface area contributed by atoms with Gasteiger partial charge in [-0.1, -0.05) is 64.7 Å². The number of carboxylic acids is 1. The second-order valence-corrected chi connectivity index (χ2v) is 7.35. The lowest BCUT2D eigenvalue weighted by Gasteiger charge is -2.09. The van der Waals surface area contributed by atoms with Gasteiger partial charge in [0.1, 0.15) is 5.78 Å². The smallest absolute Gasteiger partial charge is 0.307 e. The topological polar surface area (TPSA) is 54.4 Å². The van der Waals surface area contributed by atoms with Crippen LogP contribution in [0.1, 0.15) is 84.5 Å². The molecule has 0 rings (SSSR count). The van der Waals surface area contributed by atoms with E-state index in [0.717, 1.165) is 12.2 Å². The molecule has 130 valence electrons. The van der Waals surface area contributed by atoms with Crippen molar-refractivity contribution < 1.29 is 14.7 Å². The van der Waals surface area contributed by atoms with E-state index < -0.39 is 11.9 Å². The Morgan fingerprint density at radius 1 is 0.909 bits per heavy atom. The van der Waals surface area contributed by atoms with Gasteiger partial charge in [0.25, 0.3) is 0 Å². The summed E-state index contributed by atoms with van der Waals surface area (Å²) in [5.74, 6) is 0.188. The first-order chi connectivity index (χ1) is 10.6. The van der Waals surface area contributed by atoms with Crippen LogP contribution in [0.4, 0.5) is 0 Å². The fraction of sp³-hybridized carbons (Fsp3) is 0.889. The Bertz CT molecular complexity index is 292. The van der Waals surface area contributed by atoms with Crippen LogP contribution in [0.2, 0.25) is 0 Å². The maximum absolute atomic E-state index is 11.0. The predicted molar refractivity (Wildman–Crippen MR) is 95.6 cm³/mol. The van der Waals surface area contributed by atoms with Gasteiger partial charge in [0, 0.05) is 12.2 Å². The summed E-state index contributed by atoms with van der Waals surface area (Å²) in [6, 6.07) is 0. The van der Waals surface area contributed by atoms with Crippen LogP contribution < -0.4 is 0 Å². The largest absolute Gasteiger partial charge is 0.481 e. The van der Waals surface area contributed by atoms with Gasteiger partial charge in [-0.3, -0.25) is 4.79 Å². The predicted octanol–water partition coefficient (Wildman–Crippen LogP) is 5.32. The molecule has 3 nitrogen and oxygen atoms in total. The highest BCUT2D eigenvalue weighted by Crippen LogP contribution is 2.16. The van der Waals surface area contributed by atoms with Crippen LogP contribution in [-0.2, 0) is 9.59 Å². The molecule has 0 unspecified atom stereocenters. The summed E-state index contributed by atoms with van der Waals surface area (Å²) in [7, 11) is 0. The van der Waals surface area contributed by atoms with Crippen molar-refractivity contribution in [3.8, 4) is 0 Å². The van der Waals surface area contributed by atoms with E-state index in [2.05, 4.69) is 6.92 Å². The van der Waals surface area contributed by atoms with Crippen molar-refractivity contribution >= 4 is 23.5 Å². The van der Waals surface area contributed by atoms with E-state index in [0.29, 0.717) is 5.75 Å². The maximum Gasteiger partial charge on any atom is 0.307 e. The Morgan fingerprint density at radius 2 is 1.41 bits per heavy atom. The molecule has 0 heterocycles. The Hall–Kier alpha value is -0.510. The van der Waals surface area contributed by atoms with Crippen LogP contribution in [-0.4, -0.2) is 28.4 Å². The van der Waals surface area contributed by atoms with Crippen LogP contribution >= 0.6 is 11.8 Å². The van der Waals surface area contributed by atoms with Crippen molar-refractivity contribution in [2.75, 3.05) is 11.5 Å². The number of carbonyl (C=O) groups is 2. The van der Waals surface area contributed by atoms with Gasteiger partial charge in [-0.2, -0.15) is 11.8 Å². The molecule has 0 aromatic carbocycles. The molecule has 0 aliphatic rings. The highest BCUT2D eigenvalue weighted by Gasteiger charge is 2.18. The molecule has 0 aromatic rings. The number of Topliss-reactive ketones (excluding diaryl/α,β-unsaturated/α-hetero) is 1. The van der Waals surface area contributed by atoms with Gasteiger partial charge in [-0.05, 0) is 19.1 Å². The van der Waals surface area contributed by atoms with Gasteiger partial charge in [0.05, 0.1) is 5.92 Å². The lowest BCUT2D eigenvalue weighted by Crippen LogP contribution is -2.19. The summed E-state index contributed by atoms with van der Waals surface area (Å²) < 4.78 is 0. The van der Waals surface area contributed by atoms with Crippen molar-refractivity contribution in [2.45, 2.75) is 84.5 Å². The molecule has 0 aromatic heterocycles. The molecular formula is C18H34O3S. The summed E-state index contributed by atoms with van der Waals surface area (Å²) in [6.07, 6.45) is 13.4. The molecule has 0 spiro atoms. The molecule has 0 saturated carbocycles. The zero-order valence-electron chi connectivity index (χ0n) is 14.4. The Balaban J connectivity index is 3.35. The third kappa shape index (κ3) is 14.4. The number of aliphatic carboxylic acids is 1. The van der Waals surface area contributed by atoms with Gasteiger partial charge in [0.2, 0.25) is 0 Å². The number of hydrogen-bond donors (Lipinski definition) is 1. The lowest BCUT2D eigenvalue weighted by molar-refractivity contribution is -0.142. The Labute approximate surface area is 140 Å². The molecule has 0 aliphatic heterocycles. The van der Waals surface area contributed by atoms with Crippen LogP contribution in [0, 0.1) is 5.92 Å². The summed E-state index contributed by atoms with van der Waals surface area (Å²) in [6.45, 7) is 3.71. The van der Waals surface area contributed by atoms with Crippen LogP contribution in [0.15, 0.2) is 0 Å². The van der Waals surface area contributed by atoms with E-state index in [9.17, 15) is 9.59 Å². The average molecular weight is 331 g/mol. The molecule has 0 aliphatic carbocycles. The van der Waals surface area contributed by atoms with Gasteiger partial charge in [0.15, 0.2) is 0 Å². The highest BCUT2D eigenvalue weighted by atomic mass is 32.2. The minimum atomic E-state index is -0.842. The minimum Gasteiger partial charge on any atom is -0.481 e. The normalized spacial score (nSPS) is 12.3. The van der Waals surface area contributed by atoms with E-state index in [4.69, 9.17) is 5.11 Å². The Kier molecular flexibility index (Phi) is 15.0. The first-order valence-electron chi connectivity index (χ1n) is 8.88. The van der Waals surface area contributed by atoms with Gasteiger partial charge < -0.3 is 9.90 Å². The average Bonchev–Trinajstić information content (AvgIpc) is 2.46. The van der Waals surface area contributed by atoms with Crippen molar-refractivity contribution in [3.63, 3.8) is 0 Å². The number of rotatable bonds is 16. The fourth-order valence-electron chi connectivity index (χ4n) is 2.48. The third-order valence-corrected chi connectivity index (χ3v) is 5.06. The number of thioether (sulfide) groups is 1. The monoisotopic (exact) mass is 330 g/mol. The number of carbonyl (C=O) groups excluding carboxylic acids is 1. The van der Waals surface area contributed by atoms with Crippen molar-refractivity contribution in [3.05, 3.63) is 0 Å². The molecule has 0 radical (unpaired) electrons. The number of unbranched alkanes of at least 4 members (excludes halogenated alkanes) is 9. The number of ketones is 1. The summed E-state index contributed by atoms with van der Waals surface area (Å²) in [4.78, 5) is 22.0. The molecule has 0 amide bonds. The molecule has 0 bridgehead atoms. The van der Waals surface area contributed by atoms with Crippen molar-refractivity contribution in [1.29, 1.82) is 0 Å². The zero-order chi connectivity index (χ0) is 16.6. The van der Waals surface area contributed by atoms with E-state index in [1.165, 1.54) is 64.7 Å². The first-order valence-corrected chi connectivity index (χ1v) is 10.0. The minimum absolute atomic E-state index is 0.0352. The van der Waals surface area contributed by atoms with Crippen LogP contribution in [0.25, 0.3) is 0 Å². The van der Waals surface area contributed by atoms with E-state index in [1.54, 1.807) is 11.8 Å². The third-order valence-electron chi connectivity index (χ3n) is 3.84. The molecule has 1 atom stereocenters. The number of hydrogen-bond acceptors (Lipinski definition) is 3. The van der Waals surface area contributed by atoms with Crippen LogP contribution in [0.5, 0.6) is 0 Å². The molecule has 4 heteroatoms. The summed E-state index contributed by atoms with van der Waals surface area (Å²) >= 11 is 1.68. The van der Waals surface area contributed by atoms with E-state index >= 15 is 0 Å². The van der Waals surface area contributed by atoms with Crippen molar-refractivity contribution in [1.82, 2.24) is 0 Å². The van der Waals surface area contributed by atoms with E-state index in [1.807, 2.05) is 0 Å². The lowest BCUT2D eigenvalue weighted by atomic mass is 10.1. The molecule has 0 fully saturated rings. The quantitative estimate of drug-likeness (QED) is 0.389. The molecule has 22 heavy (non-hydrogen) atoms. The van der Waals surface area contributed by atoms with Crippen molar-refractivity contribution in [2.24, 2.45) is 5.92 Å². The number of carboxylic acid groups (broad SMARTS) is 1. The van der Waals surface area contributed by atoms with Gasteiger partial charge in [-0.25, -0.2) is 0 Å². The molecular weight excluding hydrogens is 296 g/mol. The summed E-state index contributed by atoms with van der Waals surface area (Å²) in [5, 5.41) is 9.03.